The van der Waals surface area contributed by atoms with E-state index < -0.39 is 0 Å². The van der Waals surface area contributed by atoms with Gasteiger partial charge in [0.1, 0.15) is 0 Å². The maximum absolute atomic E-state index is 11.7. The summed E-state index contributed by atoms with van der Waals surface area (Å²) in [6.45, 7) is 6.62. The summed E-state index contributed by atoms with van der Waals surface area (Å²) in [4.78, 5) is 11.7. The lowest BCUT2D eigenvalue weighted by molar-refractivity contribution is 0.0943. The van der Waals surface area contributed by atoms with Crippen LogP contribution in [-0.2, 0) is 0 Å². The van der Waals surface area contributed by atoms with Crippen LogP contribution < -0.4 is 16.0 Å². The topological polar surface area (TPSA) is 53.2 Å². The average molecular weight is 265 g/mol. The van der Waals surface area contributed by atoms with Crippen LogP contribution in [-0.4, -0.2) is 23.6 Å². The molecule has 0 unspecified atom stereocenters. The molecule has 0 bridgehead atoms. The molecule has 0 aromatic heterocycles. The summed E-state index contributed by atoms with van der Waals surface area (Å²) in [7, 11) is 0. The summed E-state index contributed by atoms with van der Waals surface area (Å²) >= 11 is 5.08. The van der Waals surface area contributed by atoms with Gasteiger partial charge in [0, 0.05) is 23.8 Å². The molecule has 1 amide bonds. The highest BCUT2D eigenvalue weighted by atomic mass is 32.1. The number of amides is 1. The molecule has 5 heteroatoms. The van der Waals surface area contributed by atoms with Gasteiger partial charge in [0.15, 0.2) is 5.11 Å². The van der Waals surface area contributed by atoms with E-state index >= 15 is 0 Å². The van der Waals surface area contributed by atoms with E-state index in [1.54, 1.807) is 12.1 Å². The molecule has 0 heterocycles. The summed E-state index contributed by atoms with van der Waals surface area (Å²) in [5.74, 6) is -0.0641. The standard InChI is InChI=1S/C13H19N3OS/c1-4-14-13(18)16-11-7-5-10(6-8-11)12(17)15-9(2)3/h5-9H,4H2,1-3H3,(H,15,17)(H2,14,16,18). The van der Waals surface area contributed by atoms with Crippen molar-refractivity contribution in [3.63, 3.8) is 0 Å². The number of nitrogens with one attached hydrogen (secondary N) is 3. The van der Waals surface area contributed by atoms with Gasteiger partial charge in [0.05, 0.1) is 0 Å². The van der Waals surface area contributed by atoms with Crippen molar-refractivity contribution in [1.29, 1.82) is 0 Å². The molecule has 0 saturated heterocycles. The predicted molar refractivity (Wildman–Crippen MR) is 78.9 cm³/mol. The van der Waals surface area contributed by atoms with Crippen LogP contribution in [0.1, 0.15) is 31.1 Å². The van der Waals surface area contributed by atoms with E-state index in [2.05, 4.69) is 16.0 Å². The first-order valence-corrected chi connectivity index (χ1v) is 6.39. The fraction of sp³-hybridized carbons (Fsp3) is 0.385. The molecule has 0 saturated carbocycles. The molecule has 1 rings (SSSR count). The molecule has 0 aliphatic rings. The zero-order valence-electron chi connectivity index (χ0n) is 10.9. The van der Waals surface area contributed by atoms with E-state index in [4.69, 9.17) is 12.2 Å². The van der Waals surface area contributed by atoms with Crippen molar-refractivity contribution >= 4 is 28.9 Å². The number of carbonyl (C=O) groups excluding carboxylic acids is 1. The van der Waals surface area contributed by atoms with Crippen LogP contribution >= 0.6 is 12.2 Å². The van der Waals surface area contributed by atoms with E-state index in [9.17, 15) is 4.79 Å². The lowest BCUT2D eigenvalue weighted by atomic mass is 10.2. The van der Waals surface area contributed by atoms with Crippen LogP contribution in [0.4, 0.5) is 5.69 Å². The maximum atomic E-state index is 11.7. The van der Waals surface area contributed by atoms with Gasteiger partial charge in [0.2, 0.25) is 0 Å². The number of rotatable bonds is 4. The minimum atomic E-state index is -0.0641. The second-order valence-corrected chi connectivity index (χ2v) is 4.60. The molecule has 0 atom stereocenters. The summed E-state index contributed by atoms with van der Waals surface area (Å²) < 4.78 is 0. The maximum Gasteiger partial charge on any atom is 0.251 e. The van der Waals surface area contributed by atoms with Crippen LogP contribution in [0.3, 0.4) is 0 Å². The molecule has 0 aliphatic carbocycles. The largest absolute Gasteiger partial charge is 0.363 e. The molecule has 1 aromatic rings. The second-order valence-electron chi connectivity index (χ2n) is 4.19. The van der Waals surface area contributed by atoms with Crippen molar-refractivity contribution in [2.45, 2.75) is 26.8 Å². The van der Waals surface area contributed by atoms with Crippen LogP contribution in [0, 0.1) is 0 Å². The summed E-state index contributed by atoms with van der Waals surface area (Å²) in [6.07, 6.45) is 0. The Morgan fingerprint density at radius 2 is 1.89 bits per heavy atom. The highest BCUT2D eigenvalue weighted by Gasteiger charge is 2.06. The monoisotopic (exact) mass is 265 g/mol. The SMILES string of the molecule is CCNC(=S)Nc1ccc(C(=O)NC(C)C)cc1. The van der Waals surface area contributed by atoms with Crippen LogP contribution in [0.5, 0.6) is 0 Å². The summed E-state index contributed by atoms with van der Waals surface area (Å²) in [5.41, 5.74) is 1.51. The molecule has 18 heavy (non-hydrogen) atoms. The minimum absolute atomic E-state index is 0.0641. The quantitative estimate of drug-likeness (QED) is 0.730. The van der Waals surface area contributed by atoms with Crippen molar-refractivity contribution in [2.75, 3.05) is 11.9 Å². The highest BCUT2D eigenvalue weighted by Crippen LogP contribution is 2.09. The fourth-order valence-corrected chi connectivity index (χ4v) is 1.65. The number of hydrogen-bond acceptors (Lipinski definition) is 2. The zero-order valence-corrected chi connectivity index (χ0v) is 11.7. The van der Waals surface area contributed by atoms with Crippen molar-refractivity contribution in [1.82, 2.24) is 10.6 Å². The van der Waals surface area contributed by atoms with Gasteiger partial charge in [-0.05, 0) is 57.3 Å². The molecule has 3 N–H and O–H groups in total. The molecule has 0 aliphatic heterocycles. The molecular formula is C13H19N3OS. The van der Waals surface area contributed by atoms with Gasteiger partial charge >= 0.3 is 0 Å². The third-order valence-corrected chi connectivity index (χ3v) is 2.41. The number of anilines is 1. The summed E-state index contributed by atoms with van der Waals surface area (Å²) in [5, 5.41) is 9.46. The van der Waals surface area contributed by atoms with Gasteiger partial charge in [-0.3, -0.25) is 4.79 Å². The van der Waals surface area contributed by atoms with E-state index in [1.807, 2.05) is 32.9 Å². The molecule has 1 aromatic carbocycles. The van der Waals surface area contributed by atoms with Crippen molar-refractivity contribution in [2.24, 2.45) is 0 Å². The number of benzene rings is 1. The van der Waals surface area contributed by atoms with Gasteiger partial charge in [0.25, 0.3) is 5.91 Å². The predicted octanol–water partition coefficient (Wildman–Crippen LogP) is 2.13. The number of thiocarbonyl (C=S) groups is 1. The van der Waals surface area contributed by atoms with E-state index in [1.165, 1.54) is 0 Å². The molecule has 0 radical (unpaired) electrons. The Kier molecular flexibility index (Phi) is 5.58. The Morgan fingerprint density at radius 3 is 2.39 bits per heavy atom. The smallest absolute Gasteiger partial charge is 0.251 e. The lowest BCUT2D eigenvalue weighted by Crippen LogP contribution is -2.30. The van der Waals surface area contributed by atoms with Gasteiger partial charge in [-0.15, -0.1) is 0 Å². The second kappa shape index (κ2) is 6.96. The van der Waals surface area contributed by atoms with Crippen molar-refractivity contribution in [3.8, 4) is 0 Å². The van der Waals surface area contributed by atoms with Crippen molar-refractivity contribution in [3.05, 3.63) is 29.8 Å². The zero-order chi connectivity index (χ0) is 13.5. The first-order chi connectivity index (χ1) is 8.52. The number of carbonyl (C=O) groups is 1. The van der Waals surface area contributed by atoms with E-state index in [0.29, 0.717) is 10.7 Å². The first kappa shape index (κ1) is 14.4. The minimum Gasteiger partial charge on any atom is -0.363 e. The third kappa shape index (κ3) is 4.71. The van der Waals surface area contributed by atoms with Gasteiger partial charge in [-0.2, -0.15) is 0 Å². The molecule has 98 valence electrons. The Hall–Kier alpha value is -1.62. The van der Waals surface area contributed by atoms with Gasteiger partial charge < -0.3 is 16.0 Å². The Balaban J connectivity index is 2.62. The van der Waals surface area contributed by atoms with Gasteiger partial charge in [-0.1, -0.05) is 0 Å². The Bertz CT molecular complexity index is 415. The van der Waals surface area contributed by atoms with Crippen LogP contribution in [0.25, 0.3) is 0 Å². The average Bonchev–Trinajstić information content (AvgIpc) is 2.29. The van der Waals surface area contributed by atoms with Crippen LogP contribution in [0.15, 0.2) is 24.3 Å². The lowest BCUT2D eigenvalue weighted by Gasteiger charge is -2.10. The molecule has 4 nitrogen and oxygen atoms in total. The number of hydrogen-bond donors (Lipinski definition) is 3. The highest BCUT2D eigenvalue weighted by molar-refractivity contribution is 7.80. The van der Waals surface area contributed by atoms with Crippen molar-refractivity contribution < 1.29 is 4.79 Å². The molecule has 0 spiro atoms. The summed E-state index contributed by atoms with van der Waals surface area (Å²) in [6, 6.07) is 7.35. The molecule has 0 fully saturated rings. The third-order valence-electron chi connectivity index (χ3n) is 2.16. The van der Waals surface area contributed by atoms with Crippen LogP contribution in [0.2, 0.25) is 0 Å². The molecular weight excluding hydrogens is 246 g/mol. The van der Waals surface area contributed by atoms with Gasteiger partial charge in [-0.25, -0.2) is 0 Å². The van der Waals surface area contributed by atoms with E-state index in [-0.39, 0.29) is 11.9 Å². The normalized spacial score (nSPS) is 10.0. The first-order valence-electron chi connectivity index (χ1n) is 5.98. The fourth-order valence-electron chi connectivity index (χ4n) is 1.39. The van der Waals surface area contributed by atoms with E-state index in [0.717, 1.165) is 12.2 Å². The Labute approximate surface area is 113 Å². The Morgan fingerprint density at radius 1 is 1.28 bits per heavy atom.